The van der Waals surface area contributed by atoms with Gasteiger partial charge in [-0.05, 0) is 67.4 Å². The van der Waals surface area contributed by atoms with Gasteiger partial charge in [0.2, 0.25) is 0 Å². The van der Waals surface area contributed by atoms with Crippen LogP contribution in [0, 0.1) is 22.6 Å². The molecule has 130 valence electrons. The molecule has 4 heteroatoms. The maximum Gasteiger partial charge on any atom is 0.258 e. The molecule has 4 bridgehead atoms. The standard InChI is InChI=1S/C20H26FNO2/c1-18-7-14-8-19(2,11-18)13-20(9-14,12-18)22-17(23)10-24-16-6-4-3-5-15(16)21/h3-6,14H,7-13H2,1-2H3,(H,22,23)/t14?,18-,19+,20?. The average molecular weight is 331 g/mol. The number of nitrogens with one attached hydrogen (secondary N) is 1. The fourth-order valence-electron chi connectivity index (χ4n) is 6.62. The fourth-order valence-corrected chi connectivity index (χ4v) is 6.62. The van der Waals surface area contributed by atoms with Crippen molar-refractivity contribution in [1.29, 1.82) is 0 Å². The number of amides is 1. The van der Waals surface area contributed by atoms with E-state index in [0.717, 1.165) is 25.2 Å². The molecular weight excluding hydrogens is 305 g/mol. The van der Waals surface area contributed by atoms with Crippen molar-refractivity contribution in [2.75, 3.05) is 6.61 Å². The van der Waals surface area contributed by atoms with E-state index >= 15 is 0 Å². The molecule has 0 radical (unpaired) electrons. The van der Waals surface area contributed by atoms with E-state index in [1.165, 1.54) is 25.3 Å². The fraction of sp³-hybridized carbons (Fsp3) is 0.650. The highest BCUT2D eigenvalue weighted by atomic mass is 19.1. The van der Waals surface area contributed by atoms with Crippen LogP contribution >= 0.6 is 0 Å². The summed E-state index contributed by atoms with van der Waals surface area (Å²) in [6, 6.07) is 6.21. The highest BCUT2D eigenvalue weighted by Gasteiger charge is 2.60. The van der Waals surface area contributed by atoms with E-state index in [1.54, 1.807) is 18.2 Å². The van der Waals surface area contributed by atoms with Gasteiger partial charge < -0.3 is 10.1 Å². The maximum absolute atomic E-state index is 13.6. The summed E-state index contributed by atoms with van der Waals surface area (Å²) in [5.41, 5.74) is 0.625. The Labute approximate surface area is 143 Å². The summed E-state index contributed by atoms with van der Waals surface area (Å²) in [5, 5.41) is 3.28. The third-order valence-electron chi connectivity index (χ3n) is 6.23. The number of ether oxygens (including phenoxy) is 1. The lowest BCUT2D eigenvalue weighted by atomic mass is 9.43. The monoisotopic (exact) mass is 331 g/mol. The van der Waals surface area contributed by atoms with Crippen molar-refractivity contribution < 1.29 is 13.9 Å². The number of benzene rings is 1. The molecule has 1 aromatic rings. The number of rotatable bonds is 4. The summed E-state index contributed by atoms with van der Waals surface area (Å²) < 4.78 is 19.0. The molecule has 1 N–H and O–H groups in total. The van der Waals surface area contributed by atoms with Crippen molar-refractivity contribution in [1.82, 2.24) is 5.32 Å². The molecule has 0 saturated heterocycles. The molecule has 2 unspecified atom stereocenters. The van der Waals surface area contributed by atoms with Crippen molar-refractivity contribution in [2.45, 2.75) is 57.9 Å². The second-order valence-corrected chi connectivity index (χ2v) is 9.18. The Balaban J connectivity index is 1.43. The number of hydrogen-bond donors (Lipinski definition) is 1. The average Bonchev–Trinajstić information content (AvgIpc) is 2.42. The Morgan fingerprint density at radius 3 is 2.46 bits per heavy atom. The Morgan fingerprint density at radius 2 is 1.83 bits per heavy atom. The van der Waals surface area contributed by atoms with Crippen molar-refractivity contribution in [3.05, 3.63) is 30.1 Å². The lowest BCUT2D eigenvalue weighted by molar-refractivity contribution is -0.141. The van der Waals surface area contributed by atoms with Crippen LogP contribution in [0.4, 0.5) is 4.39 Å². The van der Waals surface area contributed by atoms with Crippen LogP contribution in [0.25, 0.3) is 0 Å². The van der Waals surface area contributed by atoms with Gasteiger partial charge >= 0.3 is 0 Å². The van der Waals surface area contributed by atoms with Gasteiger partial charge in [-0.25, -0.2) is 4.39 Å². The quantitative estimate of drug-likeness (QED) is 0.903. The van der Waals surface area contributed by atoms with Gasteiger partial charge in [0, 0.05) is 5.54 Å². The van der Waals surface area contributed by atoms with Crippen LogP contribution in [-0.4, -0.2) is 18.1 Å². The summed E-state index contributed by atoms with van der Waals surface area (Å²) in [6.07, 6.45) is 7.09. The predicted octanol–water partition coefficient (Wildman–Crippen LogP) is 4.07. The highest BCUT2D eigenvalue weighted by Crippen LogP contribution is 2.66. The van der Waals surface area contributed by atoms with Crippen molar-refractivity contribution in [2.24, 2.45) is 16.7 Å². The maximum atomic E-state index is 13.6. The molecule has 4 fully saturated rings. The normalized spacial score (nSPS) is 39.7. The molecule has 4 aliphatic rings. The van der Waals surface area contributed by atoms with E-state index < -0.39 is 5.82 Å². The molecule has 3 nitrogen and oxygen atoms in total. The number of para-hydroxylation sites is 1. The molecule has 1 aromatic carbocycles. The molecule has 4 aliphatic carbocycles. The Morgan fingerprint density at radius 1 is 1.17 bits per heavy atom. The first-order chi connectivity index (χ1) is 11.3. The molecule has 5 rings (SSSR count). The molecular formula is C20H26FNO2. The lowest BCUT2D eigenvalue weighted by Gasteiger charge is -2.65. The van der Waals surface area contributed by atoms with Crippen LogP contribution < -0.4 is 10.1 Å². The van der Waals surface area contributed by atoms with Gasteiger partial charge in [0.25, 0.3) is 5.91 Å². The van der Waals surface area contributed by atoms with Gasteiger partial charge in [-0.2, -0.15) is 0 Å². The Bertz CT molecular complexity index is 655. The first kappa shape index (κ1) is 15.9. The van der Waals surface area contributed by atoms with Gasteiger partial charge in [-0.3, -0.25) is 4.79 Å². The zero-order valence-corrected chi connectivity index (χ0v) is 14.5. The molecule has 4 saturated carbocycles. The smallest absolute Gasteiger partial charge is 0.258 e. The summed E-state index contributed by atoms with van der Waals surface area (Å²) in [6.45, 7) is 4.64. The third-order valence-corrected chi connectivity index (χ3v) is 6.23. The van der Waals surface area contributed by atoms with Crippen LogP contribution in [-0.2, 0) is 4.79 Å². The van der Waals surface area contributed by atoms with Gasteiger partial charge in [0.05, 0.1) is 0 Å². The number of carbonyl (C=O) groups is 1. The van der Waals surface area contributed by atoms with Crippen molar-refractivity contribution in [3.8, 4) is 5.75 Å². The van der Waals surface area contributed by atoms with Gasteiger partial charge in [0.15, 0.2) is 18.2 Å². The Kier molecular flexibility index (Phi) is 3.45. The summed E-state index contributed by atoms with van der Waals surface area (Å²) >= 11 is 0. The zero-order chi connectivity index (χ0) is 17.0. The van der Waals surface area contributed by atoms with Gasteiger partial charge in [-0.15, -0.1) is 0 Å². The van der Waals surface area contributed by atoms with Crippen molar-refractivity contribution >= 4 is 5.91 Å². The van der Waals surface area contributed by atoms with E-state index in [9.17, 15) is 9.18 Å². The number of carbonyl (C=O) groups excluding carboxylic acids is 1. The molecule has 0 aliphatic heterocycles. The molecule has 0 aromatic heterocycles. The largest absolute Gasteiger partial charge is 0.481 e. The first-order valence-electron chi connectivity index (χ1n) is 8.97. The van der Waals surface area contributed by atoms with E-state index in [2.05, 4.69) is 19.2 Å². The summed E-state index contributed by atoms with van der Waals surface area (Å²) in [5.74, 6) is 0.300. The SMILES string of the molecule is C[C@]12CC3CC(NC(=O)COc4ccccc4F)(C1)C[C@@](C)(C3)C2. The minimum absolute atomic E-state index is 0.0847. The molecule has 1 amide bonds. The van der Waals surface area contributed by atoms with Gasteiger partial charge in [0.1, 0.15) is 0 Å². The van der Waals surface area contributed by atoms with Gasteiger partial charge in [-0.1, -0.05) is 26.0 Å². The van der Waals surface area contributed by atoms with E-state index in [4.69, 9.17) is 4.74 Å². The first-order valence-corrected chi connectivity index (χ1v) is 8.97. The second kappa shape index (κ2) is 5.21. The zero-order valence-electron chi connectivity index (χ0n) is 14.5. The second-order valence-electron chi connectivity index (χ2n) is 9.18. The summed E-state index contributed by atoms with van der Waals surface area (Å²) in [7, 11) is 0. The van der Waals surface area contributed by atoms with Crippen LogP contribution in [0.5, 0.6) is 5.75 Å². The van der Waals surface area contributed by atoms with E-state index in [1.807, 2.05) is 0 Å². The van der Waals surface area contributed by atoms with Crippen LogP contribution in [0.15, 0.2) is 24.3 Å². The summed E-state index contributed by atoms with van der Waals surface area (Å²) in [4.78, 5) is 12.5. The lowest BCUT2D eigenvalue weighted by Crippen LogP contribution is -2.65. The topological polar surface area (TPSA) is 38.3 Å². The minimum atomic E-state index is -0.430. The number of hydrogen-bond acceptors (Lipinski definition) is 2. The molecule has 4 atom stereocenters. The van der Waals surface area contributed by atoms with Crippen LogP contribution in [0.2, 0.25) is 0 Å². The molecule has 24 heavy (non-hydrogen) atoms. The van der Waals surface area contributed by atoms with Crippen LogP contribution in [0.1, 0.15) is 52.4 Å². The van der Waals surface area contributed by atoms with E-state index in [0.29, 0.717) is 10.8 Å². The minimum Gasteiger partial charge on any atom is -0.481 e. The van der Waals surface area contributed by atoms with Crippen LogP contribution in [0.3, 0.4) is 0 Å². The molecule has 0 heterocycles. The highest BCUT2D eigenvalue weighted by molar-refractivity contribution is 5.78. The predicted molar refractivity (Wildman–Crippen MR) is 90.2 cm³/mol. The van der Waals surface area contributed by atoms with Crippen molar-refractivity contribution in [3.63, 3.8) is 0 Å². The third kappa shape index (κ3) is 2.80. The Hall–Kier alpha value is -1.58. The van der Waals surface area contributed by atoms with E-state index in [-0.39, 0.29) is 23.8 Å². The number of halogens is 1. The molecule has 0 spiro atoms.